The molecule has 8 N–H and O–H groups in total. The number of halogens is 7. The van der Waals surface area contributed by atoms with Gasteiger partial charge in [0.2, 0.25) is 0 Å². The van der Waals surface area contributed by atoms with Crippen molar-refractivity contribution in [3.63, 3.8) is 0 Å². The Morgan fingerprint density at radius 1 is 0.352 bits per heavy atom. The second-order valence-corrected chi connectivity index (χ2v) is 20.1. The first-order chi connectivity index (χ1) is 33.9. The summed E-state index contributed by atoms with van der Waals surface area (Å²) in [5.41, 5.74) is 3.41. The molecule has 362 valence electrons. The van der Waals surface area contributed by atoms with Crippen molar-refractivity contribution in [2.24, 2.45) is 0 Å². The van der Waals surface area contributed by atoms with Gasteiger partial charge in [0.05, 0.1) is 26.2 Å². The van der Waals surface area contributed by atoms with E-state index in [0.717, 1.165) is 17.9 Å². The molecule has 0 aliphatic rings. The van der Waals surface area contributed by atoms with Gasteiger partial charge in [0.25, 0.3) is 23.6 Å². The molecule has 19 heteroatoms. The lowest BCUT2D eigenvalue weighted by molar-refractivity contribution is 0.101. The van der Waals surface area contributed by atoms with Gasteiger partial charge in [0.1, 0.15) is 28.6 Å². The number of amides is 4. The molecular formula is C52H37Br6ClN4O8. The Bertz CT molecular complexity index is 3120. The van der Waals surface area contributed by atoms with Gasteiger partial charge >= 0.3 is 0 Å². The van der Waals surface area contributed by atoms with Gasteiger partial charge in [-0.05, 0) is 149 Å². The third kappa shape index (κ3) is 17.7. The van der Waals surface area contributed by atoms with E-state index < -0.39 is 5.91 Å². The number of hydrogen-bond acceptors (Lipinski definition) is 8. The minimum atomic E-state index is -0.431. The van der Waals surface area contributed by atoms with Crippen LogP contribution >= 0.6 is 107 Å². The molecular weight excluding hydrogens is 1320 g/mol. The maximum Gasteiger partial charge on any atom is 0.260 e. The van der Waals surface area contributed by atoms with Crippen LogP contribution in [0, 0.1) is 0 Å². The van der Waals surface area contributed by atoms with E-state index in [4.69, 9.17) is 11.6 Å². The summed E-state index contributed by atoms with van der Waals surface area (Å²) in [6, 6.07) is 49.7. The highest BCUT2D eigenvalue weighted by atomic mass is 79.9. The van der Waals surface area contributed by atoms with E-state index in [1.807, 2.05) is 60.7 Å². The predicted molar refractivity (Wildman–Crippen MR) is 301 cm³/mol. The molecule has 0 atom stereocenters. The molecule has 0 fully saturated rings. The highest BCUT2D eigenvalue weighted by molar-refractivity contribution is 9.11. The molecule has 8 aromatic carbocycles. The highest BCUT2D eigenvalue weighted by Crippen LogP contribution is 2.33. The first-order valence-electron chi connectivity index (χ1n) is 20.4. The number of phenolic OH excluding ortho intramolecular Hbond substituents is 4. The van der Waals surface area contributed by atoms with Gasteiger partial charge in [0.15, 0.2) is 0 Å². The molecule has 8 aromatic rings. The van der Waals surface area contributed by atoms with Crippen molar-refractivity contribution in [2.75, 3.05) is 21.3 Å². The zero-order valence-electron chi connectivity index (χ0n) is 36.3. The molecule has 4 amide bonds. The van der Waals surface area contributed by atoms with E-state index in [9.17, 15) is 39.6 Å². The number of phenols is 4. The molecule has 0 aliphatic carbocycles. The van der Waals surface area contributed by atoms with Gasteiger partial charge in [-0.15, -0.1) is 0 Å². The van der Waals surface area contributed by atoms with Gasteiger partial charge in [-0.25, -0.2) is 0 Å². The summed E-state index contributed by atoms with van der Waals surface area (Å²) < 4.78 is 4.51. The van der Waals surface area contributed by atoms with Crippen LogP contribution < -0.4 is 21.3 Å². The average Bonchev–Trinajstić information content (AvgIpc) is 3.34. The Morgan fingerprint density at radius 2 is 0.718 bits per heavy atom. The van der Waals surface area contributed by atoms with Crippen LogP contribution in [0.4, 0.5) is 22.7 Å². The summed E-state index contributed by atoms with van der Waals surface area (Å²) in [7, 11) is 0. The number of carbonyl (C=O) groups excluding carboxylic acids is 4. The van der Waals surface area contributed by atoms with Crippen molar-refractivity contribution in [3.8, 4) is 23.0 Å². The second-order valence-electron chi connectivity index (χ2n) is 14.3. The number of para-hydroxylation sites is 2. The minimum absolute atomic E-state index is 0.0402. The van der Waals surface area contributed by atoms with Crippen molar-refractivity contribution in [1.29, 1.82) is 0 Å². The van der Waals surface area contributed by atoms with Crippen LogP contribution in [0.25, 0.3) is 0 Å². The molecule has 0 unspecified atom stereocenters. The standard InChI is InChI=1S/C13H8Br3NO2.C13H9Br2NO2.C13H10BrNO2.C13H10ClNO2/c14-7-1-3-9(4-2-7)17-13(19)10-5-8(15)6-11(16)12(10)18;14-8-1-4-10(5-2-8)16-13(18)11-7-9(15)3-6-12(11)17;14-9-6-7-12(16)11(8-9)13(17)15-10-4-2-1-3-5-10;14-10-7-4-8-11(16)12(10)13(17)15-9-5-2-1-3-6-9/h1-6,18H,(H,17,19);1-7,17H,(H,16,18);2*1-8,16H,(H,15,17). The maximum atomic E-state index is 12.1. The number of anilines is 4. The number of aromatic hydroxyl groups is 4. The van der Waals surface area contributed by atoms with E-state index in [1.54, 1.807) is 97.1 Å². The minimum Gasteiger partial charge on any atom is -0.507 e. The van der Waals surface area contributed by atoms with Gasteiger partial charge in [-0.2, -0.15) is 0 Å². The summed E-state index contributed by atoms with van der Waals surface area (Å²) in [6.45, 7) is 0. The van der Waals surface area contributed by atoms with E-state index in [2.05, 4.69) is 117 Å². The lowest BCUT2D eigenvalue weighted by atomic mass is 10.2. The Kier molecular flexibility index (Phi) is 21.7. The third-order valence-electron chi connectivity index (χ3n) is 9.17. The molecule has 0 radical (unpaired) electrons. The highest BCUT2D eigenvalue weighted by Gasteiger charge is 2.17. The molecule has 8 rings (SSSR count). The van der Waals surface area contributed by atoms with Crippen LogP contribution in [-0.4, -0.2) is 44.1 Å². The SMILES string of the molecule is O=C(Nc1ccc(Br)cc1)c1cc(Br)cc(Br)c1O.O=C(Nc1ccc(Br)cc1)c1cc(Br)ccc1O.O=C(Nc1ccccc1)c1c(O)cccc1Cl.O=C(Nc1ccccc1)c1cc(Br)ccc1O. The van der Waals surface area contributed by atoms with Crippen molar-refractivity contribution in [2.45, 2.75) is 0 Å². The Hall–Kier alpha value is -5.99. The normalized spacial score (nSPS) is 10.1. The summed E-state index contributed by atoms with van der Waals surface area (Å²) in [5.74, 6) is -1.80. The first-order valence-corrected chi connectivity index (χ1v) is 25.5. The fourth-order valence-electron chi connectivity index (χ4n) is 5.76. The van der Waals surface area contributed by atoms with Crippen molar-refractivity contribution in [1.82, 2.24) is 0 Å². The van der Waals surface area contributed by atoms with Crippen LogP contribution in [0.5, 0.6) is 23.0 Å². The largest absolute Gasteiger partial charge is 0.507 e. The molecule has 71 heavy (non-hydrogen) atoms. The van der Waals surface area contributed by atoms with Crippen molar-refractivity contribution >= 4 is 154 Å². The first kappa shape index (κ1) is 55.9. The van der Waals surface area contributed by atoms with Crippen molar-refractivity contribution < 1.29 is 39.6 Å². The quantitative estimate of drug-likeness (QED) is 0.0735. The fraction of sp³-hybridized carbons (Fsp3) is 0. The molecule has 0 aromatic heterocycles. The summed E-state index contributed by atoms with van der Waals surface area (Å²) >= 11 is 25.5. The maximum absolute atomic E-state index is 12.1. The smallest absolute Gasteiger partial charge is 0.260 e. The Morgan fingerprint density at radius 3 is 1.14 bits per heavy atom. The molecule has 0 saturated carbocycles. The summed E-state index contributed by atoms with van der Waals surface area (Å²) in [6.07, 6.45) is 0. The second kappa shape index (κ2) is 27.6. The van der Waals surface area contributed by atoms with E-state index in [-0.39, 0.29) is 68.0 Å². The number of rotatable bonds is 8. The number of nitrogens with one attached hydrogen (secondary N) is 4. The van der Waals surface area contributed by atoms with Gasteiger partial charge in [-0.1, -0.05) is 134 Å². The van der Waals surface area contributed by atoms with Crippen molar-refractivity contribution in [3.05, 3.63) is 230 Å². The average molecular weight is 1360 g/mol. The van der Waals surface area contributed by atoms with Crippen LogP contribution in [0.2, 0.25) is 5.02 Å². The van der Waals surface area contributed by atoms with Crippen LogP contribution in [-0.2, 0) is 0 Å². The van der Waals surface area contributed by atoms with Crippen LogP contribution in [0.15, 0.2) is 203 Å². The topological polar surface area (TPSA) is 197 Å². The molecule has 0 spiro atoms. The van der Waals surface area contributed by atoms with Gasteiger partial charge < -0.3 is 41.7 Å². The Balaban J connectivity index is 0.000000176. The summed E-state index contributed by atoms with van der Waals surface area (Å²) in [5, 5.41) is 49.7. The van der Waals surface area contributed by atoms with E-state index in [0.29, 0.717) is 31.7 Å². The number of hydrogen-bond donors (Lipinski definition) is 8. The van der Waals surface area contributed by atoms with E-state index >= 15 is 0 Å². The number of benzene rings is 8. The monoisotopic (exact) mass is 1350 g/mol. The Labute approximate surface area is 463 Å². The zero-order chi connectivity index (χ0) is 51.6. The summed E-state index contributed by atoms with van der Waals surface area (Å²) in [4.78, 5) is 47.9. The molecule has 0 aliphatic heterocycles. The molecule has 12 nitrogen and oxygen atoms in total. The van der Waals surface area contributed by atoms with Crippen LogP contribution in [0.3, 0.4) is 0 Å². The fourth-order valence-corrected chi connectivity index (χ4v) is 8.49. The molecule has 0 bridgehead atoms. The number of carbonyl (C=O) groups is 4. The van der Waals surface area contributed by atoms with Crippen LogP contribution in [0.1, 0.15) is 41.4 Å². The zero-order valence-corrected chi connectivity index (χ0v) is 46.6. The molecule has 0 heterocycles. The van der Waals surface area contributed by atoms with Gasteiger partial charge in [-0.3, -0.25) is 19.2 Å². The van der Waals surface area contributed by atoms with E-state index in [1.165, 1.54) is 18.2 Å². The van der Waals surface area contributed by atoms with Gasteiger partial charge in [0, 0.05) is 45.1 Å². The lowest BCUT2D eigenvalue weighted by Crippen LogP contribution is -2.12. The third-order valence-corrected chi connectivity index (χ3v) is 12.6. The lowest BCUT2D eigenvalue weighted by Gasteiger charge is -2.09. The molecule has 0 saturated heterocycles. The predicted octanol–water partition coefficient (Wildman–Crippen LogP) is 15.8.